The van der Waals surface area contributed by atoms with Gasteiger partial charge in [0, 0.05) is 0 Å². The van der Waals surface area contributed by atoms with Crippen molar-refractivity contribution in [3.63, 3.8) is 0 Å². The second-order valence-electron chi connectivity index (χ2n) is 2.41. The van der Waals surface area contributed by atoms with Crippen LogP contribution in [0.5, 0.6) is 0 Å². The molecule has 0 aromatic carbocycles. The molecule has 11 heavy (non-hydrogen) atoms. The first kappa shape index (κ1) is 8.96. The van der Waals surface area contributed by atoms with Crippen molar-refractivity contribution in [1.29, 1.82) is 0 Å². The summed E-state index contributed by atoms with van der Waals surface area (Å²) in [5.41, 5.74) is 0. The summed E-state index contributed by atoms with van der Waals surface area (Å²) in [5.74, 6) is -0.125. The lowest BCUT2D eigenvalue weighted by Crippen LogP contribution is -2.42. The lowest BCUT2D eigenvalue weighted by molar-refractivity contribution is -0.119. The van der Waals surface area contributed by atoms with Crippen LogP contribution in [-0.4, -0.2) is 41.7 Å². The number of ether oxygens (including phenoxy) is 1. The molecule has 0 aromatic rings. The van der Waals surface area contributed by atoms with E-state index in [0.717, 1.165) is 0 Å². The van der Waals surface area contributed by atoms with Gasteiger partial charge in [0.1, 0.15) is 0 Å². The molecule has 0 spiro atoms. The zero-order valence-electron chi connectivity index (χ0n) is 5.92. The van der Waals surface area contributed by atoms with E-state index in [9.17, 15) is 9.90 Å². The molecule has 1 fully saturated rings. The van der Waals surface area contributed by atoms with Crippen molar-refractivity contribution in [2.24, 2.45) is 0 Å². The highest BCUT2D eigenvalue weighted by molar-refractivity contribution is 9.09. The van der Waals surface area contributed by atoms with E-state index >= 15 is 0 Å². The van der Waals surface area contributed by atoms with Crippen LogP contribution in [0.4, 0.5) is 0 Å². The third-order valence-electron chi connectivity index (χ3n) is 1.52. The molecule has 1 aliphatic heterocycles. The zero-order chi connectivity index (χ0) is 8.27. The maximum absolute atomic E-state index is 10.8. The summed E-state index contributed by atoms with van der Waals surface area (Å²) < 4.78 is 4.93. The smallest absolute Gasteiger partial charge is 0.231 e. The molecular formula is C6H10BrNO3. The summed E-state index contributed by atoms with van der Waals surface area (Å²) >= 11 is 3.01. The van der Waals surface area contributed by atoms with Gasteiger partial charge in [-0.25, -0.2) is 0 Å². The Morgan fingerprint density at radius 1 is 1.73 bits per heavy atom. The first-order chi connectivity index (χ1) is 5.24. The molecule has 0 saturated carbocycles. The summed E-state index contributed by atoms with van der Waals surface area (Å²) in [4.78, 5) is 10.8. The predicted molar refractivity (Wildman–Crippen MR) is 42.6 cm³/mol. The zero-order valence-corrected chi connectivity index (χ0v) is 7.50. The normalized spacial score (nSPS) is 30.4. The van der Waals surface area contributed by atoms with Crippen molar-refractivity contribution < 1.29 is 14.6 Å². The van der Waals surface area contributed by atoms with Gasteiger partial charge in [0.25, 0.3) is 0 Å². The van der Waals surface area contributed by atoms with Gasteiger partial charge in [-0.15, -0.1) is 0 Å². The van der Waals surface area contributed by atoms with Crippen LogP contribution in [0.15, 0.2) is 0 Å². The molecule has 5 heteroatoms. The van der Waals surface area contributed by atoms with Crippen LogP contribution in [0.3, 0.4) is 0 Å². The molecule has 1 amide bonds. The molecule has 1 aliphatic rings. The molecule has 2 atom stereocenters. The van der Waals surface area contributed by atoms with E-state index in [1.165, 1.54) is 0 Å². The number of rotatable bonds is 2. The quantitative estimate of drug-likeness (QED) is 0.607. The first-order valence-corrected chi connectivity index (χ1v) is 4.47. The summed E-state index contributed by atoms with van der Waals surface area (Å²) in [6, 6.07) is -0.236. The summed E-state index contributed by atoms with van der Waals surface area (Å²) in [6.07, 6.45) is -0.557. The molecule has 0 radical (unpaired) electrons. The van der Waals surface area contributed by atoms with Crippen molar-refractivity contribution in [2.45, 2.75) is 12.1 Å². The number of alkyl halides is 1. The number of hydrogen-bond acceptors (Lipinski definition) is 3. The predicted octanol–water partition coefficient (Wildman–Crippen LogP) is -0.743. The lowest BCUT2D eigenvalue weighted by Gasteiger charge is -2.12. The van der Waals surface area contributed by atoms with E-state index in [0.29, 0.717) is 13.2 Å². The minimum Gasteiger partial charge on any atom is -0.388 e. The highest BCUT2D eigenvalue weighted by atomic mass is 79.9. The fourth-order valence-electron chi connectivity index (χ4n) is 0.926. The summed E-state index contributed by atoms with van der Waals surface area (Å²) in [5, 5.41) is 12.1. The molecule has 1 heterocycles. The van der Waals surface area contributed by atoms with Crippen LogP contribution in [-0.2, 0) is 9.53 Å². The fraction of sp³-hybridized carbons (Fsp3) is 0.833. The molecule has 0 aromatic heterocycles. The molecule has 0 bridgehead atoms. The SMILES string of the molecule is O=C(CBr)NC1COCC1O. The Morgan fingerprint density at radius 2 is 2.45 bits per heavy atom. The first-order valence-electron chi connectivity index (χ1n) is 3.35. The van der Waals surface area contributed by atoms with Crippen molar-refractivity contribution in [3.8, 4) is 0 Å². The number of carbonyl (C=O) groups is 1. The van der Waals surface area contributed by atoms with E-state index in [4.69, 9.17) is 4.74 Å². The van der Waals surface area contributed by atoms with Crippen molar-refractivity contribution in [3.05, 3.63) is 0 Å². The molecule has 64 valence electrons. The maximum atomic E-state index is 10.8. The second kappa shape index (κ2) is 4.04. The average Bonchev–Trinajstić information content (AvgIpc) is 2.37. The van der Waals surface area contributed by atoms with Gasteiger partial charge in [-0.05, 0) is 0 Å². The maximum Gasteiger partial charge on any atom is 0.231 e. The molecule has 0 aliphatic carbocycles. The molecule has 1 rings (SSSR count). The average molecular weight is 224 g/mol. The van der Waals surface area contributed by atoms with Gasteiger partial charge in [-0.1, -0.05) is 15.9 Å². The number of amides is 1. The third-order valence-corrected chi connectivity index (χ3v) is 2.03. The van der Waals surface area contributed by atoms with Crippen LogP contribution in [0.1, 0.15) is 0 Å². The van der Waals surface area contributed by atoms with Gasteiger partial charge in [-0.3, -0.25) is 4.79 Å². The Balaban J connectivity index is 2.30. The number of nitrogens with one attached hydrogen (secondary N) is 1. The standard InChI is InChI=1S/C6H10BrNO3/c7-1-6(10)8-4-2-11-3-5(4)9/h4-5,9H,1-3H2,(H,8,10). The number of halogens is 1. The molecule has 2 N–H and O–H groups in total. The third kappa shape index (κ3) is 2.43. The monoisotopic (exact) mass is 223 g/mol. The number of hydrogen-bond donors (Lipinski definition) is 2. The van der Waals surface area contributed by atoms with Gasteiger partial charge in [0.2, 0.25) is 5.91 Å². The summed E-state index contributed by atoms with van der Waals surface area (Å²) in [7, 11) is 0. The molecule has 2 unspecified atom stereocenters. The van der Waals surface area contributed by atoms with Crippen molar-refractivity contribution >= 4 is 21.8 Å². The van der Waals surface area contributed by atoms with Gasteiger partial charge >= 0.3 is 0 Å². The molecule has 1 saturated heterocycles. The van der Waals surface area contributed by atoms with Gasteiger partial charge in [0.05, 0.1) is 30.7 Å². The Bertz CT molecular complexity index is 153. The van der Waals surface area contributed by atoms with Crippen LogP contribution in [0.25, 0.3) is 0 Å². The van der Waals surface area contributed by atoms with Crippen molar-refractivity contribution in [2.75, 3.05) is 18.5 Å². The Hall–Kier alpha value is -0.130. The lowest BCUT2D eigenvalue weighted by atomic mass is 10.2. The largest absolute Gasteiger partial charge is 0.388 e. The Labute approximate surface area is 73.0 Å². The van der Waals surface area contributed by atoms with Crippen LogP contribution in [0, 0.1) is 0 Å². The topological polar surface area (TPSA) is 58.6 Å². The van der Waals surface area contributed by atoms with Gasteiger partial charge in [-0.2, -0.15) is 0 Å². The van der Waals surface area contributed by atoms with E-state index in [-0.39, 0.29) is 17.3 Å². The van der Waals surface area contributed by atoms with E-state index in [1.54, 1.807) is 0 Å². The minimum absolute atomic E-state index is 0.125. The number of aliphatic hydroxyl groups excluding tert-OH is 1. The Morgan fingerprint density at radius 3 is 2.91 bits per heavy atom. The molecule has 4 nitrogen and oxygen atoms in total. The number of carbonyl (C=O) groups excluding carboxylic acids is 1. The number of aliphatic hydroxyl groups is 1. The minimum atomic E-state index is -0.557. The van der Waals surface area contributed by atoms with Crippen molar-refractivity contribution in [1.82, 2.24) is 5.32 Å². The van der Waals surface area contributed by atoms with Gasteiger partial charge in [0.15, 0.2) is 0 Å². The van der Waals surface area contributed by atoms with E-state index in [1.807, 2.05) is 0 Å². The molecular weight excluding hydrogens is 214 g/mol. The highest BCUT2D eigenvalue weighted by Gasteiger charge is 2.26. The second-order valence-corrected chi connectivity index (χ2v) is 2.97. The Kier molecular flexibility index (Phi) is 3.29. The van der Waals surface area contributed by atoms with Crippen LogP contribution in [0.2, 0.25) is 0 Å². The van der Waals surface area contributed by atoms with E-state index in [2.05, 4.69) is 21.2 Å². The summed E-state index contributed by atoms with van der Waals surface area (Å²) in [6.45, 7) is 0.715. The van der Waals surface area contributed by atoms with Gasteiger partial charge < -0.3 is 15.2 Å². The van der Waals surface area contributed by atoms with Crippen LogP contribution < -0.4 is 5.32 Å². The fourth-order valence-corrected chi connectivity index (χ4v) is 1.09. The van der Waals surface area contributed by atoms with E-state index < -0.39 is 6.10 Å². The van der Waals surface area contributed by atoms with Crippen LogP contribution >= 0.6 is 15.9 Å². The highest BCUT2D eigenvalue weighted by Crippen LogP contribution is 2.04.